The number of primary amides is 1. The minimum absolute atomic E-state index is 0.0963. The van der Waals surface area contributed by atoms with E-state index < -0.39 is 11.9 Å². The molecule has 1 heterocycles. The first-order valence-electron chi connectivity index (χ1n) is 5.39. The van der Waals surface area contributed by atoms with Crippen LogP contribution >= 0.6 is 0 Å². The number of carbonyl (C=O) groups is 2. The summed E-state index contributed by atoms with van der Waals surface area (Å²) in [6.45, 7) is 3.18. The van der Waals surface area contributed by atoms with Gasteiger partial charge in [0.2, 0.25) is 5.91 Å². The third kappa shape index (κ3) is 2.61. The Kier molecular flexibility index (Phi) is 3.94. The van der Waals surface area contributed by atoms with Crippen molar-refractivity contribution in [3.8, 4) is 0 Å². The van der Waals surface area contributed by atoms with Gasteiger partial charge in [-0.15, -0.1) is 0 Å². The van der Waals surface area contributed by atoms with E-state index in [1.807, 2.05) is 6.92 Å². The van der Waals surface area contributed by atoms with Crippen molar-refractivity contribution in [1.29, 1.82) is 0 Å². The molecule has 0 saturated carbocycles. The molecule has 1 saturated heterocycles. The van der Waals surface area contributed by atoms with Crippen molar-refractivity contribution in [2.75, 3.05) is 20.1 Å². The Labute approximate surface area is 90.2 Å². The lowest BCUT2D eigenvalue weighted by Gasteiger charge is -2.36. The number of amides is 3. The molecule has 3 amide bonds. The molecule has 0 aliphatic carbocycles. The maximum atomic E-state index is 11.9. The molecule has 1 aliphatic heterocycles. The van der Waals surface area contributed by atoms with Crippen LogP contribution < -0.4 is 5.73 Å². The summed E-state index contributed by atoms with van der Waals surface area (Å²) >= 11 is 0. The van der Waals surface area contributed by atoms with E-state index in [-0.39, 0.29) is 6.03 Å². The van der Waals surface area contributed by atoms with Gasteiger partial charge in [-0.25, -0.2) is 4.79 Å². The summed E-state index contributed by atoms with van der Waals surface area (Å²) in [5.41, 5.74) is 5.29. The molecule has 0 aromatic carbocycles. The second kappa shape index (κ2) is 5.00. The van der Waals surface area contributed by atoms with Crippen LogP contribution in [0.4, 0.5) is 4.79 Å². The molecular formula is C10H19N3O2. The van der Waals surface area contributed by atoms with E-state index in [9.17, 15) is 9.59 Å². The smallest absolute Gasteiger partial charge is 0.320 e. The predicted octanol–water partition coefficient (Wildman–Crippen LogP) is 0.398. The summed E-state index contributed by atoms with van der Waals surface area (Å²) in [5.74, 6) is -0.396. The fourth-order valence-corrected chi connectivity index (χ4v) is 1.81. The van der Waals surface area contributed by atoms with Crippen LogP contribution in [0.25, 0.3) is 0 Å². The van der Waals surface area contributed by atoms with E-state index in [4.69, 9.17) is 5.73 Å². The Hall–Kier alpha value is -1.26. The van der Waals surface area contributed by atoms with Gasteiger partial charge in [0, 0.05) is 20.1 Å². The minimum Gasteiger partial charge on any atom is -0.368 e. The first kappa shape index (κ1) is 11.8. The number of hydrogen-bond donors (Lipinski definition) is 1. The van der Waals surface area contributed by atoms with Crippen LogP contribution in [-0.2, 0) is 4.79 Å². The molecule has 0 aromatic heterocycles. The maximum Gasteiger partial charge on any atom is 0.320 e. The van der Waals surface area contributed by atoms with E-state index >= 15 is 0 Å². The number of urea groups is 1. The standard InChI is InChI=1S/C10H19N3O2/c1-3-12(2)10(15)13-7-5-4-6-8(13)9(11)14/h8H,3-7H2,1-2H3,(H2,11,14). The van der Waals surface area contributed by atoms with Crippen LogP contribution in [0.2, 0.25) is 0 Å². The molecule has 1 rings (SSSR count). The van der Waals surface area contributed by atoms with Crippen molar-refractivity contribution in [3.05, 3.63) is 0 Å². The first-order chi connectivity index (χ1) is 7.07. The Balaban J connectivity index is 2.71. The predicted molar refractivity (Wildman–Crippen MR) is 57.2 cm³/mol. The van der Waals surface area contributed by atoms with Gasteiger partial charge in [-0.05, 0) is 26.2 Å². The Morgan fingerprint density at radius 3 is 2.67 bits per heavy atom. The molecular weight excluding hydrogens is 194 g/mol. The lowest BCUT2D eigenvalue weighted by molar-refractivity contribution is -0.123. The van der Waals surface area contributed by atoms with Gasteiger partial charge in [-0.2, -0.15) is 0 Å². The van der Waals surface area contributed by atoms with Crippen LogP contribution in [0, 0.1) is 0 Å². The average Bonchev–Trinajstić information content (AvgIpc) is 2.27. The maximum absolute atomic E-state index is 11.9. The highest BCUT2D eigenvalue weighted by atomic mass is 16.2. The number of nitrogens with two attached hydrogens (primary N) is 1. The van der Waals surface area contributed by atoms with Gasteiger partial charge >= 0.3 is 6.03 Å². The quantitative estimate of drug-likeness (QED) is 0.721. The normalized spacial score (nSPS) is 21.2. The SMILES string of the molecule is CCN(C)C(=O)N1CCCCC1C(N)=O. The fraction of sp³-hybridized carbons (Fsp3) is 0.800. The van der Waals surface area contributed by atoms with Crippen LogP contribution in [0.1, 0.15) is 26.2 Å². The molecule has 2 N–H and O–H groups in total. The molecule has 0 bridgehead atoms. The van der Waals surface area contributed by atoms with Crippen molar-refractivity contribution >= 4 is 11.9 Å². The van der Waals surface area contributed by atoms with Gasteiger partial charge in [-0.1, -0.05) is 0 Å². The lowest BCUT2D eigenvalue weighted by atomic mass is 10.0. The average molecular weight is 213 g/mol. The molecule has 1 unspecified atom stereocenters. The summed E-state index contributed by atoms with van der Waals surface area (Å²) in [6.07, 6.45) is 2.61. The van der Waals surface area contributed by atoms with Crippen molar-refractivity contribution in [2.24, 2.45) is 5.73 Å². The molecule has 1 atom stereocenters. The van der Waals surface area contributed by atoms with Crippen molar-refractivity contribution in [3.63, 3.8) is 0 Å². The highest BCUT2D eigenvalue weighted by Gasteiger charge is 2.31. The summed E-state index contributed by atoms with van der Waals surface area (Å²) in [6, 6.07) is -0.513. The number of piperidine rings is 1. The van der Waals surface area contributed by atoms with E-state index in [2.05, 4.69) is 0 Å². The Morgan fingerprint density at radius 2 is 2.13 bits per heavy atom. The largest absolute Gasteiger partial charge is 0.368 e. The zero-order valence-electron chi connectivity index (χ0n) is 9.40. The van der Waals surface area contributed by atoms with Gasteiger partial charge in [0.05, 0.1) is 0 Å². The van der Waals surface area contributed by atoms with E-state index in [0.717, 1.165) is 12.8 Å². The number of nitrogens with zero attached hydrogens (tertiary/aromatic N) is 2. The summed E-state index contributed by atoms with van der Waals surface area (Å²) in [5, 5.41) is 0. The summed E-state index contributed by atoms with van der Waals surface area (Å²) < 4.78 is 0. The lowest BCUT2D eigenvalue weighted by Crippen LogP contribution is -2.54. The zero-order valence-corrected chi connectivity index (χ0v) is 9.40. The molecule has 86 valence electrons. The third-order valence-corrected chi connectivity index (χ3v) is 2.88. The molecule has 1 fully saturated rings. The number of rotatable bonds is 2. The number of likely N-dealkylation sites (tertiary alicyclic amines) is 1. The number of carbonyl (C=O) groups excluding carboxylic acids is 2. The van der Waals surface area contributed by atoms with Crippen molar-refractivity contribution < 1.29 is 9.59 Å². The third-order valence-electron chi connectivity index (χ3n) is 2.88. The topological polar surface area (TPSA) is 66.6 Å². The minimum atomic E-state index is -0.416. The molecule has 1 aliphatic rings. The van der Waals surface area contributed by atoms with Gasteiger partial charge < -0.3 is 15.5 Å². The van der Waals surface area contributed by atoms with Gasteiger partial charge in [0.1, 0.15) is 6.04 Å². The molecule has 5 nitrogen and oxygen atoms in total. The van der Waals surface area contributed by atoms with E-state index in [1.54, 1.807) is 16.8 Å². The highest BCUT2D eigenvalue weighted by Crippen LogP contribution is 2.17. The summed E-state index contributed by atoms with van der Waals surface area (Å²) in [4.78, 5) is 26.3. The monoisotopic (exact) mass is 213 g/mol. The summed E-state index contributed by atoms with van der Waals surface area (Å²) in [7, 11) is 1.73. The van der Waals surface area contributed by atoms with Crippen LogP contribution in [-0.4, -0.2) is 47.9 Å². The van der Waals surface area contributed by atoms with Crippen LogP contribution in [0.15, 0.2) is 0 Å². The number of hydrogen-bond acceptors (Lipinski definition) is 2. The zero-order chi connectivity index (χ0) is 11.4. The molecule has 5 heteroatoms. The van der Waals surface area contributed by atoms with Gasteiger partial charge in [-0.3, -0.25) is 4.79 Å². The molecule has 0 radical (unpaired) electrons. The van der Waals surface area contributed by atoms with Crippen molar-refractivity contribution in [1.82, 2.24) is 9.80 Å². The Morgan fingerprint density at radius 1 is 1.47 bits per heavy atom. The van der Waals surface area contributed by atoms with Crippen LogP contribution in [0.3, 0.4) is 0 Å². The van der Waals surface area contributed by atoms with Crippen LogP contribution in [0.5, 0.6) is 0 Å². The molecule has 15 heavy (non-hydrogen) atoms. The molecule has 0 spiro atoms. The molecule has 0 aromatic rings. The fourth-order valence-electron chi connectivity index (χ4n) is 1.81. The second-order valence-electron chi connectivity index (χ2n) is 3.90. The second-order valence-corrected chi connectivity index (χ2v) is 3.90. The van der Waals surface area contributed by atoms with E-state index in [0.29, 0.717) is 19.5 Å². The van der Waals surface area contributed by atoms with E-state index in [1.165, 1.54) is 0 Å². The first-order valence-corrected chi connectivity index (χ1v) is 5.39. The highest BCUT2D eigenvalue weighted by molar-refractivity contribution is 5.86. The van der Waals surface area contributed by atoms with Crippen molar-refractivity contribution in [2.45, 2.75) is 32.2 Å². The Bertz CT molecular complexity index is 255. The van der Waals surface area contributed by atoms with Gasteiger partial charge in [0.15, 0.2) is 0 Å². The van der Waals surface area contributed by atoms with Gasteiger partial charge in [0.25, 0.3) is 0 Å².